The zero-order valence-electron chi connectivity index (χ0n) is 13.5. The van der Waals surface area contributed by atoms with Crippen molar-refractivity contribution in [3.05, 3.63) is 29.0 Å². The van der Waals surface area contributed by atoms with Crippen molar-refractivity contribution < 1.29 is 0 Å². The summed E-state index contributed by atoms with van der Waals surface area (Å²) in [4.78, 5) is 4.73. The third kappa shape index (κ3) is 3.78. The van der Waals surface area contributed by atoms with Gasteiger partial charge in [-0.25, -0.2) is 4.98 Å². The molecule has 0 radical (unpaired) electrons. The number of rotatable bonds is 5. The molecule has 0 saturated carbocycles. The minimum atomic E-state index is 0.285. The number of fused-ring (bicyclic) bond motifs is 1. The Kier molecular flexibility index (Phi) is 4.95. The van der Waals surface area contributed by atoms with E-state index in [1.807, 2.05) is 18.2 Å². The van der Waals surface area contributed by atoms with E-state index in [-0.39, 0.29) is 5.41 Å². The number of aromatic nitrogens is 2. The minimum Gasteiger partial charge on any atom is -0.331 e. The molecule has 1 atom stereocenters. The lowest BCUT2D eigenvalue weighted by atomic mass is 9.76. The summed E-state index contributed by atoms with van der Waals surface area (Å²) in [6, 6.07) is 5.89. The SMILES string of the molecule is Cn1c(CCC(CCN)C(C)(C)C)nc2cc(Cl)ccc21. The zero-order valence-corrected chi connectivity index (χ0v) is 14.2. The van der Waals surface area contributed by atoms with Gasteiger partial charge in [0.05, 0.1) is 11.0 Å². The summed E-state index contributed by atoms with van der Waals surface area (Å²) in [7, 11) is 2.08. The molecule has 0 aliphatic rings. The van der Waals surface area contributed by atoms with E-state index in [1.165, 1.54) is 0 Å². The van der Waals surface area contributed by atoms with Crippen molar-refractivity contribution in [1.29, 1.82) is 0 Å². The molecule has 0 bridgehead atoms. The van der Waals surface area contributed by atoms with E-state index in [0.29, 0.717) is 5.92 Å². The summed E-state index contributed by atoms with van der Waals surface area (Å²) in [5.74, 6) is 1.74. The van der Waals surface area contributed by atoms with Crippen LogP contribution in [0.3, 0.4) is 0 Å². The van der Waals surface area contributed by atoms with E-state index in [9.17, 15) is 0 Å². The smallest absolute Gasteiger partial charge is 0.109 e. The van der Waals surface area contributed by atoms with Gasteiger partial charge in [-0.15, -0.1) is 0 Å². The Labute approximate surface area is 132 Å². The number of nitrogens with two attached hydrogens (primary N) is 1. The topological polar surface area (TPSA) is 43.8 Å². The molecule has 1 aromatic heterocycles. The number of benzene rings is 1. The molecule has 2 rings (SSSR count). The van der Waals surface area contributed by atoms with E-state index >= 15 is 0 Å². The van der Waals surface area contributed by atoms with E-state index in [1.54, 1.807) is 0 Å². The molecule has 0 aliphatic carbocycles. The van der Waals surface area contributed by atoms with Crippen molar-refractivity contribution in [1.82, 2.24) is 9.55 Å². The van der Waals surface area contributed by atoms with Gasteiger partial charge in [-0.1, -0.05) is 32.4 Å². The molecule has 0 aliphatic heterocycles. The summed E-state index contributed by atoms with van der Waals surface area (Å²) in [6.45, 7) is 7.63. The van der Waals surface area contributed by atoms with Crippen LogP contribution in [0.25, 0.3) is 11.0 Å². The molecule has 116 valence electrons. The highest BCUT2D eigenvalue weighted by molar-refractivity contribution is 6.31. The third-order valence-corrected chi connectivity index (χ3v) is 4.63. The Morgan fingerprint density at radius 2 is 2.00 bits per heavy atom. The molecule has 21 heavy (non-hydrogen) atoms. The average Bonchev–Trinajstić information content (AvgIpc) is 2.69. The van der Waals surface area contributed by atoms with Crippen LogP contribution >= 0.6 is 11.6 Å². The van der Waals surface area contributed by atoms with Crippen molar-refractivity contribution in [3.63, 3.8) is 0 Å². The van der Waals surface area contributed by atoms with Crippen molar-refractivity contribution in [3.8, 4) is 0 Å². The van der Waals surface area contributed by atoms with Crippen molar-refractivity contribution in [2.45, 2.75) is 40.0 Å². The highest BCUT2D eigenvalue weighted by atomic mass is 35.5. The van der Waals surface area contributed by atoms with Gasteiger partial charge < -0.3 is 10.3 Å². The van der Waals surface area contributed by atoms with Gasteiger partial charge in [0.15, 0.2) is 0 Å². The number of imidazole rings is 1. The molecular weight excluding hydrogens is 282 g/mol. The molecule has 0 amide bonds. The first-order valence-corrected chi connectivity index (χ1v) is 8.01. The van der Waals surface area contributed by atoms with Crippen molar-refractivity contribution in [2.24, 2.45) is 24.1 Å². The summed E-state index contributed by atoms with van der Waals surface area (Å²) in [5, 5.41) is 0.739. The van der Waals surface area contributed by atoms with Crippen molar-refractivity contribution in [2.75, 3.05) is 6.54 Å². The Hall–Kier alpha value is -1.06. The van der Waals surface area contributed by atoms with Gasteiger partial charge in [-0.3, -0.25) is 0 Å². The quantitative estimate of drug-likeness (QED) is 0.901. The number of nitrogens with zero attached hydrogens (tertiary/aromatic N) is 2. The van der Waals surface area contributed by atoms with Gasteiger partial charge in [-0.2, -0.15) is 0 Å². The molecule has 1 unspecified atom stereocenters. The number of aryl methyl sites for hydroxylation is 2. The van der Waals surface area contributed by atoms with Crippen molar-refractivity contribution >= 4 is 22.6 Å². The molecular formula is C17H26ClN3. The highest BCUT2D eigenvalue weighted by Gasteiger charge is 2.24. The van der Waals surface area contributed by atoms with Gasteiger partial charge in [0.2, 0.25) is 0 Å². The van der Waals surface area contributed by atoms with Crippen LogP contribution in [-0.2, 0) is 13.5 Å². The summed E-state index contributed by atoms with van der Waals surface area (Å²) < 4.78 is 2.17. The van der Waals surface area contributed by atoms with Crippen LogP contribution in [0, 0.1) is 11.3 Å². The van der Waals surface area contributed by atoms with Crippen LogP contribution < -0.4 is 5.73 Å². The van der Waals surface area contributed by atoms with Crippen LogP contribution in [0.2, 0.25) is 5.02 Å². The standard InChI is InChI=1S/C17H26ClN3/c1-17(2,3)12(9-10-19)5-8-16-20-14-11-13(18)6-7-15(14)21(16)4/h6-7,11-12H,5,8-10,19H2,1-4H3. The monoisotopic (exact) mass is 307 g/mol. The summed E-state index contributed by atoms with van der Waals surface area (Å²) in [5.41, 5.74) is 8.17. The molecule has 0 fully saturated rings. The molecule has 2 N–H and O–H groups in total. The number of halogens is 1. The predicted molar refractivity (Wildman–Crippen MR) is 90.7 cm³/mol. The van der Waals surface area contributed by atoms with Crippen LogP contribution in [0.15, 0.2) is 18.2 Å². The Bertz CT molecular complexity index is 610. The Morgan fingerprint density at radius 1 is 1.29 bits per heavy atom. The second kappa shape index (κ2) is 6.37. The number of hydrogen-bond acceptors (Lipinski definition) is 2. The zero-order chi connectivity index (χ0) is 15.6. The lowest BCUT2D eigenvalue weighted by Crippen LogP contribution is -2.24. The predicted octanol–water partition coefficient (Wildman–Crippen LogP) is 4.17. The molecule has 0 saturated heterocycles. The van der Waals surface area contributed by atoms with Gasteiger partial charge in [0.25, 0.3) is 0 Å². The fourth-order valence-corrected chi connectivity index (χ4v) is 3.13. The maximum absolute atomic E-state index is 6.05. The minimum absolute atomic E-state index is 0.285. The van der Waals surface area contributed by atoms with Gasteiger partial charge in [-0.05, 0) is 48.9 Å². The average molecular weight is 308 g/mol. The van der Waals surface area contributed by atoms with E-state index in [2.05, 4.69) is 32.4 Å². The normalized spacial score (nSPS) is 13.8. The van der Waals surface area contributed by atoms with Gasteiger partial charge in [0, 0.05) is 18.5 Å². The third-order valence-electron chi connectivity index (χ3n) is 4.39. The maximum atomic E-state index is 6.05. The fraction of sp³-hybridized carbons (Fsp3) is 0.588. The highest BCUT2D eigenvalue weighted by Crippen LogP contribution is 2.32. The second-order valence-electron chi connectivity index (χ2n) is 6.90. The molecule has 1 aromatic carbocycles. The van der Waals surface area contributed by atoms with Crippen LogP contribution in [0.5, 0.6) is 0 Å². The molecule has 1 heterocycles. The molecule has 3 nitrogen and oxygen atoms in total. The van der Waals surface area contributed by atoms with Gasteiger partial charge >= 0.3 is 0 Å². The van der Waals surface area contributed by atoms with Gasteiger partial charge in [0.1, 0.15) is 5.82 Å². The maximum Gasteiger partial charge on any atom is 0.109 e. The number of hydrogen-bond donors (Lipinski definition) is 1. The van der Waals surface area contributed by atoms with E-state index in [0.717, 1.165) is 47.7 Å². The Balaban J connectivity index is 2.17. The van der Waals surface area contributed by atoms with Crippen LogP contribution in [0.1, 0.15) is 39.4 Å². The Morgan fingerprint density at radius 3 is 2.62 bits per heavy atom. The van der Waals surface area contributed by atoms with E-state index < -0.39 is 0 Å². The first-order valence-electron chi connectivity index (χ1n) is 7.64. The van der Waals surface area contributed by atoms with Crippen LogP contribution in [-0.4, -0.2) is 16.1 Å². The lowest BCUT2D eigenvalue weighted by molar-refractivity contribution is 0.213. The first kappa shape index (κ1) is 16.3. The van der Waals surface area contributed by atoms with E-state index in [4.69, 9.17) is 22.3 Å². The summed E-state index contributed by atoms with van der Waals surface area (Å²) in [6.07, 6.45) is 3.16. The lowest BCUT2D eigenvalue weighted by Gasteiger charge is -2.30. The summed E-state index contributed by atoms with van der Waals surface area (Å²) >= 11 is 6.05. The fourth-order valence-electron chi connectivity index (χ4n) is 2.96. The van der Waals surface area contributed by atoms with Crippen LogP contribution in [0.4, 0.5) is 0 Å². The largest absolute Gasteiger partial charge is 0.331 e. The molecule has 4 heteroatoms. The second-order valence-corrected chi connectivity index (χ2v) is 7.34. The molecule has 0 spiro atoms. The molecule has 2 aromatic rings. The first-order chi connectivity index (χ1) is 9.82.